The van der Waals surface area contributed by atoms with Crippen LogP contribution in [0.3, 0.4) is 0 Å². The molecule has 2 heterocycles. The molecule has 1 aromatic heterocycles. The first kappa shape index (κ1) is 18.4. The first-order valence-corrected chi connectivity index (χ1v) is 7.70. The molecule has 136 valence electrons. The van der Waals surface area contributed by atoms with Crippen LogP contribution in [0.1, 0.15) is 37.7 Å². The fourth-order valence-corrected chi connectivity index (χ4v) is 2.39. The van der Waals surface area contributed by atoms with Gasteiger partial charge < -0.3 is 20.1 Å². The number of hydrogen-bond donors (Lipinski definition) is 2. The number of aromatic nitrogens is 1. The zero-order valence-electron chi connectivity index (χ0n) is 14.2. The second-order valence-corrected chi connectivity index (χ2v) is 6.68. The van der Waals surface area contributed by atoms with Crippen molar-refractivity contribution in [3.8, 4) is 0 Å². The molecule has 1 amide bonds. The van der Waals surface area contributed by atoms with Crippen LogP contribution < -0.4 is 5.32 Å². The first-order valence-electron chi connectivity index (χ1n) is 7.70. The average Bonchev–Trinajstić information content (AvgIpc) is 2.93. The third kappa shape index (κ3) is 4.78. The smallest absolute Gasteiger partial charge is 0.410 e. The van der Waals surface area contributed by atoms with Gasteiger partial charge in [-0.3, -0.25) is 10.1 Å². The van der Waals surface area contributed by atoms with Gasteiger partial charge in [-0.15, -0.1) is 0 Å². The predicted octanol–water partition coefficient (Wildman–Crippen LogP) is 2.11. The summed E-state index contributed by atoms with van der Waals surface area (Å²) in [5.74, 6) is -1.40. The van der Waals surface area contributed by atoms with Crippen LogP contribution in [0, 0.1) is 10.1 Å². The maximum atomic E-state index is 12.1. The molecule has 0 bridgehead atoms. The number of nitrogens with zero attached hydrogens (tertiary/aromatic N) is 3. The molecule has 0 spiro atoms. The molecule has 1 atom stereocenters. The van der Waals surface area contributed by atoms with Gasteiger partial charge in [-0.25, -0.2) is 14.6 Å². The lowest BCUT2D eigenvalue weighted by atomic mass is 10.2. The maximum Gasteiger partial charge on any atom is 0.410 e. The maximum absolute atomic E-state index is 12.1. The number of amides is 1. The Hall–Kier alpha value is -2.91. The summed E-state index contributed by atoms with van der Waals surface area (Å²) < 4.78 is 5.29. The molecule has 10 heteroatoms. The number of carbonyl (C=O) groups is 2. The number of nitro groups is 1. The van der Waals surface area contributed by atoms with Crippen molar-refractivity contribution in [1.82, 2.24) is 9.88 Å². The lowest BCUT2D eigenvalue weighted by molar-refractivity contribution is -0.384. The Labute approximate surface area is 143 Å². The lowest BCUT2D eigenvalue weighted by Gasteiger charge is -2.24. The van der Waals surface area contributed by atoms with E-state index in [0.717, 1.165) is 12.1 Å². The predicted molar refractivity (Wildman–Crippen MR) is 87.7 cm³/mol. The van der Waals surface area contributed by atoms with E-state index < -0.39 is 22.6 Å². The van der Waals surface area contributed by atoms with Gasteiger partial charge >= 0.3 is 17.7 Å². The second kappa shape index (κ2) is 6.91. The highest BCUT2D eigenvalue weighted by Crippen LogP contribution is 2.25. The van der Waals surface area contributed by atoms with Crippen molar-refractivity contribution in [2.75, 3.05) is 18.4 Å². The zero-order chi connectivity index (χ0) is 18.8. The molecule has 1 aromatic rings. The molecule has 1 unspecified atom stereocenters. The normalized spacial score (nSPS) is 17.2. The third-order valence-corrected chi connectivity index (χ3v) is 3.47. The largest absolute Gasteiger partial charge is 0.477 e. The summed E-state index contributed by atoms with van der Waals surface area (Å²) in [6, 6.07) is 1.88. The van der Waals surface area contributed by atoms with Gasteiger partial charge in [0.2, 0.25) is 5.82 Å². The molecular weight excluding hydrogens is 332 g/mol. The molecule has 0 radical (unpaired) electrons. The molecular formula is C15H20N4O6. The number of ether oxygens (including phenoxy) is 1. The fraction of sp³-hybridized carbons (Fsp3) is 0.533. The highest BCUT2D eigenvalue weighted by atomic mass is 16.6. The van der Waals surface area contributed by atoms with Crippen LogP contribution in [0.2, 0.25) is 0 Å². The highest BCUT2D eigenvalue weighted by Gasteiger charge is 2.31. The van der Waals surface area contributed by atoms with Crippen molar-refractivity contribution in [2.45, 2.75) is 38.8 Å². The molecule has 1 saturated heterocycles. The summed E-state index contributed by atoms with van der Waals surface area (Å²) in [6.07, 6.45) is 0.0774. The van der Waals surface area contributed by atoms with Crippen molar-refractivity contribution in [3.63, 3.8) is 0 Å². The molecule has 0 saturated carbocycles. The van der Waals surface area contributed by atoms with Crippen LogP contribution in [0.5, 0.6) is 0 Å². The van der Waals surface area contributed by atoms with E-state index in [1.54, 1.807) is 20.8 Å². The van der Waals surface area contributed by atoms with Gasteiger partial charge in [-0.05, 0) is 33.3 Å². The number of nitrogens with one attached hydrogen (secondary N) is 1. The summed E-state index contributed by atoms with van der Waals surface area (Å²) in [4.78, 5) is 38.8. The summed E-state index contributed by atoms with van der Waals surface area (Å²) in [5, 5.41) is 23.0. The number of anilines is 1. The molecule has 2 N–H and O–H groups in total. The van der Waals surface area contributed by atoms with Crippen molar-refractivity contribution >= 4 is 23.6 Å². The van der Waals surface area contributed by atoms with Gasteiger partial charge in [0.05, 0.1) is 4.92 Å². The molecule has 10 nitrogen and oxygen atoms in total. The Morgan fingerprint density at radius 2 is 2.12 bits per heavy atom. The van der Waals surface area contributed by atoms with Crippen molar-refractivity contribution in [1.29, 1.82) is 0 Å². The second-order valence-electron chi connectivity index (χ2n) is 6.68. The van der Waals surface area contributed by atoms with Gasteiger partial charge in [-0.1, -0.05) is 0 Å². The fourth-order valence-electron chi connectivity index (χ4n) is 2.39. The van der Waals surface area contributed by atoms with E-state index >= 15 is 0 Å². The van der Waals surface area contributed by atoms with E-state index in [2.05, 4.69) is 10.3 Å². The zero-order valence-corrected chi connectivity index (χ0v) is 14.2. The molecule has 1 aliphatic heterocycles. The highest BCUT2D eigenvalue weighted by molar-refractivity contribution is 5.86. The summed E-state index contributed by atoms with van der Waals surface area (Å²) >= 11 is 0. The van der Waals surface area contributed by atoms with Crippen LogP contribution in [-0.4, -0.2) is 56.7 Å². The molecule has 2 rings (SSSR count). The quantitative estimate of drug-likeness (QED) is 0.621. The first-order chi connectivity index (χ1) is 11.6. The number of likely N-dealkylation sites (tertiary alicyclic amines) is 1. The van der Waals surface area contributed by atoms with Gasteiger partial charge in [0.25, 0.3) is 0 Å². The summed E-state index contributed by atoms with van der Waals surface area (Å²) in [5.41, 5.74) is -1.23. The minimum Gasteiger partial charge on any atom is -0.477 e. The minimum absolute atomic E-state index is 0.124. The van der Waals surface area contributed by atoms with Crippen LogP contribution >= 0.6 is 0 Å². The summed E-state index contributed by atoms with van der Waals surface area (Å²) in [6.45, 7) is 6.01. The SMILES string of the molecule is CC(C)(C)OC(=O)N1CCC(Nc2nc(C(=O)O)ccc2[N+](=O)[O-])C1. The molecule has 0 aromatic carbocycles. The van der Waals surface area contributed by atoms with Crippen molar-refractivity contribution in [2.24, 2.45) is 0 Å². The van der Waals surface area contributed by atoms with E-state index in [-0.39, 0.29) is 29.8 Å². The van der Waals surface area contributed by atoms with E-state index in [9.17, 15) is 19.7 Å². The summed E-state index contributed by atoms with van der Waals surface area (Å²) in [7, 11) is 0. The Kier molecular flexibility index (Phi) is 5.10. The van der Waals surface area contributed by atoms with Gasteiger partial charge in [0.15, 0.2) is 5.69 Å². The van der Waals surface area contributed by atoms with Crippen molar-refractivity contribution in [3.05, 3.63) is 27.9 Å². The van der Waals surface area contributed by atoms with E-state index in [1.807, 2.05) is 0 Å². The van der Waals surface area contributed by atoms with Crippen LogP contribution in [0.15, 0.2) is 12.1 Å². The Morgan fingerprint density at radius 3 is 2.68 bits per heavy atom. The number of pyridine rings is 1. The molecule has 1 aliphatic rings. The number of carboxylic acids is 1. The van der Waals surface area contributed by atoms with Gasteiger partial charge in [-0.2, -0.15) is 0 Å². The van der Waals surface area contributed by atoms with Crippen LogP contribution in [-0.2, 0) is 4.74 Å². The Balaban J connectivity index is 2.10. The Morgan fingerprint density at radius 1 is 1.44 bits per heavy atom. The molecule has 1 fully saturated rings. The van der Waals surface area contributed by atoms with Crippen LogP contribution in [0.25, 0.3) is 0 Å². The number of rotatable bonds is 4. The number of aromatic carboxylic acids is 1. The standard InChI is InChI=1S/C15H20N4O6/c1-15(2,3)25-14(22)18-7-6-9(8-18)16-12-11(19(23)24)5-4-10(17-12)13(20)21/h4-5,9H,6-8H2,1-3H3,(H,16,17)(H,20,21). The van der Waals surface area contributed by atoms with E-state index in [0.29, 0.717) is 13.0 Å². The number of carboxylic acid groups (broad SMARTS) is 1. The van der Waals surface area contributed by atoms with E-state index in [1.165, 1.54) is 4.90 Å². The topological polar surface area (TPSA) is 135 Å². The van der Waals surface area contributed by atoms with Crippen molar-refractivity contribution < 1.29 is 24.4 Å². The average molecular weight is 352 g/mol. The third-order valence-electron chi connectivity index (χ3n) is 3.47. The lowest BCUT2D eigenvalue weighted by Crippen LogP contribution is -2.36. The van der Waals surface area contributed by atoms with E-state index in [4.69, 9.17) is 9.84 Å². The number of hydrogen-bond acceptors (Lipinski definition) is 7. The molecule has 0 aliphatic carbocycles. The van der Waals surface area contributed by atoms with Gasteiger partial charge in [0.1, 0.15) is 5.60 Å². The minimum atomic E-state index is -1.28. The Bertz CT molecular complexity index is 700. The number of carbonyl (C=O) groups excluding carboxylic acids is 1. The molecule has 25 heavy (non-hydrogen) atoms. The van der Waals surface area contributed by atoms with Crippen LogP contribution in [0.4, 0.5) is 16.3 Å². The monoisotopic (exact) mass is 352 g/mol. The van der Waals surface area contributed by atoms with Gasteiger partial charge in [0, 0.05) is 25.2 Å².